The second-order valence-corrected chi connectivity index (χ2v) is 4.37. The van der Waals surface area contributed by atoms with Crippen LogP contribution in [0.2, 0.25) is 0 Å². The number of methoxy groups -OCH3 is 2. The van der Waals surface area contributed by atoms with Crippen LogP contribution in [0.5, 0.6) is 11.8 Å². The maximum atomic E-state index is 5.57. The topological polar surface area (TPSA) is 76.7 Å². The van der Waals surface area contributed by atoms with E-state index in [9.17, 15) is 0 Å². The number of anilines is 1. The lowest BCUT2D eigenvalue weighted by molar-refractivity contribution is 0.263. The van der Waals surface area contributed by atoms with Crippen LogP contribution in [-0.2, 0) is 0 Å². The van der Waals surface area contributed by atoms with Crippen LogP contribution in [0.1, 0.15) is 0 Å². The predicted octanol–water partition coefficient (Wildman–Crippen LogP) is -0.425. The lowest BCUT2D eigenvalue weighted by atomic mass is 10.3. The van der Waals surface area contributed by atoms with Gasteiger partial charge in [0.25, 0.3) is 0 Å². The molecule has 1 aliphatic rings. The van der Waals surface area contributed by atoms with Crippen LogP contribution in [0.15, 0.2) is 6.07 Å². The summed E-state index contributed by atoms with van der Waals surface area (Å²) < 4.78 is 10.3. The van der Waals surface area contributed by atoms with Crippen molar-refractivity contribution in [3.05, 3.63) is 6.07 Å². The normalized spacial score (nSPS) is 16.5. The van der Waals surface area contributed by atoms with Crippen molar-refractivity contribution in [1.82, 2.24) is 14.9 Å². The average molecular weight is 267 g/mol. The molecule has 1 aromatic heterocycles. The van der Waals surface area contributed by atoms with Crippen molar-refractivity contribution in [2.45, 2.75) is 0 Å². The van der Waals surface area contributed by atoms with E-state index in [4.69, 9.17) is 15.2 Å². The van der Waals surface area contributed by atoms with Crippen molar-refractivity contribution in [2.24, 2.45) is 5.73 Å². The molecule has 0 amide bonds. The fourth-order valence-electron chi connectivity index (χ4n) is 2.10. The molecule has 7 heteroatoms. The Bertz CT molecular complexity index is 385. The molecule has 0 radical (unpaired) electrons. The number of hydrogen-bond acceptors (Lipinski definition) is 7. The first kappa shape index (κ1) is 13.8. The van der Waals surface area contributed by atoms with Gasteiger partial charge in [-0.05, 0) is 0 Å². The van der Waals surface area contributed by atoms with Crippen molar-refractivity contribution in [3.63, 3.8) is 0 Å². The van der Waals surface area contributed by atoms with Crippen LogP contribution in [-0.4, -0.2) is 68.4 Å². The average Bonchev–Trinajstić information content (AvgIpc) is 2.47. The van der Waals surface area contributed by atoms with E-state index in [1.165, 1.54) is 0 Å². The Morgan fingerprint density at radius 2 is 1.68 bits per heavy atom. The summed E-state index contributed by atoms with van der Waals surface area (Å²) in [7, 11) is 3.18. The predicted molar refractivity (Wildman–Crippen MR) is 72.8 cm³/mol. The van der Waals surface area contributed by atoms with E-state index in [0.717, 1.165) is 32.7 Å². The molecule has 2 heterocycles. The molecule has 2 rings (SSSR count). The molecule has 0 unspecified atom stereocenters. The van der Waals surface area contributed by atoms with Crippen LogP contribution in [0.4, 0.5) is 5.95 Å². The molecular weight excluding hydrogens is 246 g/mol. The first-order valence-electron chi connectivity index (χ1n) is 6.41. The Morgan fingerprint density at radius 1 is 1.11 bits per heavy atom. The SMILES string of the molecule is COc1cc(OC)nc(N2CCN(CCN)CC2)n1. The lowest BCUT2D eigenvalue weighted by Crippen LogP contribution is -2.48. The largest absolute Gasteiger partial charge is 0.481 e. The summed E-state index contributed by atoms with van der Waals surface area (Å²) in [6.45, 7) is 5.35. The number of ether oxygens (including phenoxy) is 2. The Labute approximate surface area is 113 Å². The highest BCUT2D eigenvalue weighted by Gasteiger charge is 2.19. The highest BCUT2D eigenvalue weighted by atomic mass is 16.5. The van der Waals surface area contributed by atoms with E-state index in [2.05, 4.69) is 19.8 Å². The number of hydrogen-bond donors (Lipinski definition) is 1. The molecule has 0 aliphatic carbocycles. The van der Waals surface area contributed by atoms with Gasteiger partial charge in [-0.2, -0.15) is 9.97 Å². The summed E-state index contributed by atoms with van der Waals surface area (Å²) in [4.78, 5) is 13.2. The zero-order valence-corrected chi connectivity index (χ0v) is 11.5. The Morgan fingerprint density at radius 3 is 2.16 bits per heavy atom. The van der Waals surface area contributed by atoms with Crippen LogP contribution < -0.4 is 20.1 Å². The molecule has 1 fully saturated rings. The molecule has 7 nitrogen and oxygen atoms in total. The van der Waals surface area contributed by atoms with Crippen LogP contribution in [0.25, 0.3) is 0 Å². The number of aromatic nitrogens is 2. The summed E-state index contributed by atoms with van der Waals surface area (Å²) in [5.41, 5.74) is 5.57. The smallest absolute Gasteiger partial charge is 0.232 e. The summed E-state index contributed by atoms with van der Waals surface area (Å²) >= 11 is 0. The Balaban J connectivity index is 2.06. The third-order valence-corrected chi connectivity index (χ3v) is 3.19. The Kier molecular flexibility index (Phi) is 4.75. The molecule has 0 saturated carbocycles. The van der Waals surface area contributed by atoms with Gasteiger partial charge in [-0.3, -0.25) is 4.90 Å². The van der Waals surface area contributed by atoms with E-state index in [-0.39, 0.29) is 0 Å². The molecule has 2 N–H and O–H groups in total. The van der Waals surface area contributed by atoms with Gasteiger partial charge >= 0.3 is 0 Å². The van der Waals surface area contributed by atoms with Crippen molar-refractivity contribution < 1.29 is 9.47 Å². The minimum absolute atomic E-state index is 0.520. The van der Waals surface area contributed by atoms with E-state index in [1.807, 2.05) is 0 Å². The van der Waals surface area contributed by atoms with Crippen molar-refractivity contribution in [3.8, 4) is 11.8 Å². The van der Waals surface area contributed by atoms with Gasteiger partial charge in [-0.25, -0.2) is 0 Å². The number of rotatable bonds is 5. The van der Waals surface area contributed by atoms with Crippen molar-refractivity contribution in [2.75, 3.05) is 58.4 Å². The molecule has 0 atom stereocenters. The number of nitrogens with two attached hydrogens (primary N) is 1. The highest BCUT2D eigenvalue weighted by Crippen LogP contribution is 2.20. The second-order valence-electron chi connectivity index (χ2n) is 4.37. The van der Waals surface area contributed by atoms with Gasteiger partial charge in [-0.1, -0.05) is 0 Å². The zero-order chi connectivity index (χ0) is 13.7. The maximum Gasteiger partial charge on any atom is 0.232 e. The molecule has 1 aromatic rings. The van der Waals surface area contributed by atoms with Crippen LogP contribution in [0.3, 0.4) is 0 Å². The molecule has 106 valence electrons. The zero-order valence-electron chi connectivity index (χ0n) is 11.5. The molecular formula is C12H21N5O2. The van der Waals surface area contributed by atoms with Crippen molar-refractivity contribution in [1.29, 1.82) is 0 Å². The molecule has 19 heavy (non-hydrogen) atoms. The number of nitrogens with zero attached hydrogens (tertiary/aromatic N) is 4. The van der Waals surface area contributed by atoms with Gasteiger partial charge in [-0.15, -0.1) is 0 Å². The third kappa shape index (κ3) is 3.45. The molecule has 0 aromatic carbocycles. The summed E-state index contributed by atoms with van der Waals surface area (Å²) in [6.07, 6.45) is 0. The van der Waals surface area contributed by atoms with E-state index < -0.39 is 0 Å². The summed E-state index contributed by atoms with van der Waals surface area (Å²) in [6, 6.07) is 1.67. The van der Waals surface area contributed by atoms with Gasteiger partial charge in [0, 0.05) is 39.3 Å². The van der Waals surface area contributed by atoms with Gasteiger partial charge in [0.1, 0.15) is 0 Å². The van der Waals surface area contributed by atoms with Gasteiger partial charge < -0.3 is 20.1 Å². The van der Waals surface area contributed by atoms with Crippen LogP contribution >= 0.6 is 0 Å². The standard InChI is InChI=1S/C12H21N5O2/c1-18-10-9-11(19-2)15-12(14-10)17-7-5-16(4-3-13)6-8-17/h9H,3-8,13H2,1-2H3. The summed E-state index contributed by atoms with van der Waals surface area (Å²) in [5, 5.41) is 0. The molecule has 0 bridgehead atoms. The Hall–Kier alpha value is -1.60. The molecule has 0 spiro atoms. The quantitative estimate of drug-likeness (QED) is 0.776. The summed E-state index contributed by atoms with van der Waals surface area (Å²) in [5.74, 6) is 1.70. The minimum atomic E-state index is 0.520. The van der Waals surface area contributed by atoms with Crippen molar-refractivity contribution >= 4 is 5.95 Å². The minimum Gasteiger partial charge on any atom is -0.481 e. The van der Waals surface area contributed by atoms with Crippen LogP contribution in [0, 0.1) is 0 Å². The van der Waals surface area contributed by atoms with Gasteiger partial charge in [0.2, 0.25) is 17.7 Å². The fraction of sp³-hybridized carbons (Fsp3) is 0.667. The first-order chi connectivity index (χ1) is 9.26. The molecule has 1 saturated heterocycles. The van der Waals surface area contributed by atoms with E-state index in [0.29, 0.717) is 24.3 Å². The van der Waals surface area contributed by atoms with E-state index in [1.54, 1.807) is 20.3 Å². The first-order valence-corrected chi connectivity index (χ1v) is 6.41. The third-order valence-electron chi connectivity index (χ3n) is 3.19. The second kappa shape index (κ2) is 6.53. The van der Waals surface area contributed by atoms with E-state index >= 15 is 0 Å². The number of piperazine rings is 1. The fourth-order valence-corrected chi connectivity index (χ4v) is 2.10. The monoisotopic (exact) mass is 267 g/mol. The van der Waals surface area contributed by atoms with Gasteiger partial charge in [0.15, 0.2) is 0 Å². The maximum absolute atomic E-state index is 5.57. The lowest BCUT2D eigenvalue weighted by Gasteiger charge is -2.34. The highest BCUT2D eigenvalue weighted by molar-refractivity contribution is 5.37. The molecule has 1 aliphatic heterocycles. The van der Waals surface area contributed by atoms with Gasteiger partial charge in [0.05, 0.1) is 20.3 Å².